The highest BCUT2D eigenvalue weighted by Crippen LogP contribution is 2.28. The number of hydrogen-bond donors (Lipinski definition) is 1. The lowest BCUT2D eigenvalue weighted by Gasteiger charge is -2.20. The van der Waals surface area contributed by atoms with E-state index >= 15 is 0 Å². The minimum atomic E-state index is 0.748. The topological polar surface area (TPSA) is 50.3 Å². The Balaban J connectivity index is 2.36. The molecule has 1 aromatic carbocycles. The molecule has 0 radical (unpaired) electrons. The van der Waals surface area contributed by atoms with E-state index in [1.807, 2.05) is 55.5 Å². The van der Waals surface area contributed by atoms with Gasteiger partial charge in [-0.25, -0.2) is 9.97 Å². The highest BCUT2D eigenvalue weighted by atomic mass is 32.2. The third-order valence-electron chi connectivity index (χ3n) is 3.02. The molecule has 0 saturated carbocycles. The zero-order valence-electron chi connectivity index (χ0n) is 12.8. The van der Waals surface area contributed by atoms with Crippen LogP contribution in [0.3, 0.4) is 0 Å². The summed E-state index contributed by atoms with van der Waals surface area (Å²) in [4.78, 5) is 11.0. The van der Waals surface area contributed by atoms with Crippen LogP contribution in [0.15, 0.2) is 35.5 Å². The van der Waals surface area contributed by atoms with Gasteiger partial charge in [-0.3, -0.25) is 0 Å². The third kappa shape index (κ3) is 3.78. The second-order valence-corrected chi connectivity index (χ2v) is 5.16. The van der Waals surface area contributed by atoms with E-state index < -0.39 is 0 Å². The van der Waals surface area contributed by atoms with Gasteiger partial charge in [0, 0.05) is 31.4 Å². The molecule has 0 atom stereocenters. The van der Waals surface area contributed by atoms with Gasteiger partial charge in [-0.1, -0.05) is 17.8 Å². The molecule has 2 aromatic rings. The molecule has 0 unspecified atom stereocenters. The first-order valence-corrected chi connectivity index (χ1v) is 7.95. The highest BCUT2D eigenvalue weighted by Gasteiger charge is 2.10. The molecule has 0 aliphatic rings. The maximum atomic E-state index is 5.27. The van der Waals surface area contributed by atoms with Gasteiger partial charge < -0.3 is 15.0 Å². The Kier molecular flexibility index (Phi) is 5.27. The van der Waals surface area contributed by atoms with Crippen LogP contribution in [0.2, 0.25) is 0 Å². The molecule has 21 heavy (non-hydrogen) atoms. The van der Waals surface area contributed by atoms with Gasteiger partial charge in [-0.05, 0) is 25.3 Å². The lowest BCUT2D eigenvalue weighted by molar-refractivity contribution is 0.415. The maximum absolute atomic E-state index is 5.27. The molecule has 0 spiro atoms. The van der Waals surface area contributed by atoms with Crippen LogP contribution < -0.4 is 15.0 Å². The molecule has 0 bridgehead atoms. The molecule has 0 fully saturated rings. The van der Waals surface area contributed by atoms with Crippen molar-refractivity contribution < 1.29 is 4.74 Å². The summed E-state index contributed by atoms with van der Waals surface area (Å²) in [5.74, 6) is 2.51. The van der Waals surface area contributed by atoms with Crippen LogP contribution in [-0.4, -0.2) is 36.9 Å². The van der Waals surface area contributed by atoms with Crippen LogP contribution >= 0.6 is 11.8 Å². The van der Waals surface area contributed by atoms with Crippen molar-refractivity contribution in [3.8, 4) is 5.75 Å². The molecule has 2 rings (SSSR count). The number of benzene rings is 1. The fraction of sp³-hybridized carbons (Fsp3) is 0.333. The molecule has 6 heteroatoms. The Hall–Kier alpha value is -1.95. The maximum Gasteiger partial charge on any atom is 0.191 e. The van der Waals surface area contributed by atoms with Gasteiger partial charge in [0.15, 0.2) is 5.16 Å². The van der Waals surface area contributed by atoms with Gasteiger partial charge in [-0.2, -0.15) is 0 Å². The summed E-state index contributed by atoms with van der Waals surface area (Å²) in [5.41, 5.74) is 1.02. The molecule has 0 aliphatic heterocycles. The van der Waals surface area contributed by atoms with Crippen LogP contribution in [-0.2, 0) is 0 Å². The van der Waals surface area contributed by atoms with Gasteiger partial charge in [0.25, 0.3) is 0 Å². The lowest BCUT2D eigenvalue weighted by atomic mass is 10.3. The van der Waals surface area contributed by atoms with Gasteiger partial charge in [-0.15, -0.1) is 0 Å². The number of ether oxygens (including phenoxy) is 1. The molecular formula is C15H20N4OS. The standard InChI is InChI=1S/C15H20N4OS/c1-5-16-13-10-14(18-15(17-13)21-4)19(2)11-7-6-8-12(9-11)20-3/h6-10H,5H2,1-4H3,(H,16,17,18). The Morgan fingerprint density at radius 3 is 2.76 bits per heavy atom. The van der Waals surface area contributed by atoms with Crippen LogP contribution in [0.25, 0.3) is 0 Å². The zero-order chi connectivity index (χ0) is 15.2. The summed E-state index contributed by atoms with van der Waals surface area (Å²) in [6.07, 6.45) is 1.97. The van der Waals surface area contributed by atoms with Crippen molar-refractivity contribution in [2.75, 3.05) is 37.2 Å². The number of thioether (sulfide) groups is 1. The van der Waals surface area contributed by atoms with Gasteiger partial charge in [0.2, 0.25) is 0 Å². The number of nitrogens with one attached hydrogen (secondary N) is 1. The number of aromatic nitrogens is 2. The van der Waals surface area contributed by atoms with Crippen LogP contribution in [0, 0.1) is 0 Å². The predicted octanol–water partition coefficient (Wildman–Crippen LogP) is 3.41. The van der Waals surface area contributed by atoms with E-state index in [1.165, 1.54) is 11.8 Å². The lowest BCUT2D eigenvalue weighted by Crippen LogP contribution is -2.13. The molecule has 112 valence electrons. The average molecular weight is 304 g/mol. The Morgan fingerprint density at radius 2 is 2.10 bits per heavy atom. The SMILES string of the molecule is CCNc1cc(N(C)c2cccc(OC)c2)nc(SC)n1. The molecule has 1 N–H and O–H groups in total. The number of hydrogen-bond acceptors (Lipinski definition) is 6. The smallest absolute Gasteiger partial charge is 0.191 e. The molecule has 5 nitrogen and oxygen atoms in total. The van der Waals surface area contributed by atoms with Gasteiger partial charge in [0.05, 0.1) is 7.11 Å². The fourth-order valence-corrected chi connectivity index (χ4v) is 2.27. The van der Waals surface area contributed by atoms with E-state index in [1.54, 1.807) is 7.11 Å². The first-order chi connectivity index (χ1) is 10.2. The first-order valence-electron chi connectivity index (χ1n) is 6.72. The summed E-state index contributed by atoms with van der Waals surface area (Å²) in [7, 11) is 3.65. The van der Waals surface area contributed by atoms with Crippen molar-refractivity contribution in [2.45, 2.75) is 12.1 Å². The summed E-state index contributed by atoms with van der Waals surface area (Å²) in [5, 5.41) is 3.98. The second-order valence-electron chi connectivity index (χ2n) is 4.39. The van der Waals surface area contributed by atoms with E-state index in [2.05, 4.69) is 15.3 Å². The van der Waals surface area contributed by atoms with Crippen molar-refractivity contribution in [3.63, 3.8) is 0 Å². The van der Waals surface area contributed by atoms with E-state index in [4.69, 9.17) is 4.74 Å². The van der Waals surface area contributed by atoms with E-state index in [-0.39, 0.29) is 0 Å². The predicted molar refractivity (Wildman–Crippen MR) is 89.0 cm³/mol. The molecule has 0 aliphatic carbocycles. The minimum Gasteiger partial charge on any atom is -0.497 e. The summed E-state index contributed by atoms with van der Waals surface area (Å²) in [6.45, 7) is 2.87. The number of nitrogens with zero attached hydrogens (tertiary/aromatic N) is 3. The largest absolute Gasteiger partial charge is 0.497 e. The van der Waals surface area contributed by atoms with Crippen molar-refractivity contribution in [1.29, 1.82) is 0 Å². The first kappa shape index (κ1) is 15.4. The Labute approximate surface area is 129 Å². The highest BCUT2D eigenvalue weighted by molar-refractivity contribution is 7.98. The Morgan fingerprint density at radius 1 is 1.29 bits per heavy atom. The van der Waals surface area contributed by atoms with Crippen LogP contribution in [0.4, 0.5) is 17.3 Å². The third-order valence-corrected chi connectivity index (χ3v) is 3.56. The molecule has 1 aromatic heterocycles. The van der Waals surface area contributed by atoms with Gasteiger partial charge in [0.1, 0.15) is 17.4 Å². The molecule has 1 heterocycles. The Bertz CT molecular complexity index is 606. The van der Waals surface area contributed by atoms with E-state index in [0.29, 0.717) is 0 Å². The normalized spacial score (nSPS) is 10.3. The fourth-order valence-electron chi connectivity index (χ4n) is 1.90. The van der Waals surface area contributed by atoms with Crippen molar-refractivity contribution in [1.82, 2.24) is 9.97 Å². The van der Waals surface area contributed by atoms with E-state index in [0.717, 1.165) is 34.8 Å². The average Bonchev–Trinajstić information content (AvgIpc) is 2.54. The number of methoxy groups -OCH3 is 1. The summed E-state index contributed by atoms with van der Waals surface area (Å²) in [6, 6.07) is 9.84. The van der Waals surface area contributed by atoms with Gasteiger partial charge >= 0.3 is 0 Å². The quantitative estimate of drug-likeness (QED) is 0.652. The van der Waals surface area contributed by atoms with Crippen LogP contribution in [0.5, 0.6) is 5.75 Å². The number of anilines is 3. The van der Waals surface area contributed by atoms with Crippen LogP contribution in [0.1, 0.15) is 6.92 Å². The number of rotatable bonds is 6. The van der Waals surface area contributed by atoms with Crippen molar-refractivity contribution in [3.05, 3.63) is 30.3 Å². The monoisotopic (exact) mass is 304 g/mol. The van der Waals surface area contributed by atoms with E-state index in [9.17, 15) is 0 Å². The molecule has 0 saturated heterocycles. The molecular weight excluding hydrogens is 284 g/mol. The molecule has 0 amide bonds. The zero-order valence-corrected chi connectivity index (χ0v) is 13.6. The summed E-state index contributed by atoms with van der Waals surface area (Å²) >= 11 is 1.53. The van der Waals surface area contributed by atoms with Crippen molar-refractivity contribution in [2.24, 2.45) is 0 Å². The second kappa shape index (κ2) is 7.17. The minimum absolute atomic E-state index is 0.748. The summed E-state index contributed by atoms with van der Waals surface area (Å²) < 4.78 is 5.27. The van der Waals surface area contributed by atoms with Crippen molar-refractivity contribution >= 4 is 29.1 Å².